The molecule has 0 aromatic heterocycles. The van der Waals surface area contributed by atoms with Gasteiger partial charge in [0, 0.05) is 0 Å². The topological polar surface area (TPSA) is 50.1 Å². The summed E-state index contributed by atoms with van der Waals surface area (Å²) in [6, 6.07) is 12.9. The number of ether oxygens (including phenoxy) is 1. The van der Waals surface area contributed by atoms with E-state index in [1.165, 1.54) is 12.1 Å². The molecule has 0 saturated carbocycles. The summed E-state index contributed by atoms with van der Waals surface area (Å²) < 4.78 is 5.14. The zero-order valence-corrected chi connectivity index (χ0v) is 11.1. The van der Waals surface area contributed by atoms with E-state index in [1.807, 2.05) is 6.07 Å². The van der Waals surface area contributed by atoms with Gasteiger partial charge in [-0.1, -0.05) is 29.3 Å². The summed E-state index contributed by atoms with van der Waals surface area (Å²) in [5, 5.41) is 9.12. The predicted molar refractivity (Wildman–Crippen MR) is 72.6 cm³/mol. The van der Waals surface area contributed by atoms with Crippen LogP contribution < -0.4 is 4.74 Å². The van der Waals surface area contributed by atoms with E-state index >= 15 is 0 Å². The minimum absolute atomic E-state index is 0.121. The SMILES string of the molecule is N#Cc1ccc(OC(=O)c2c(Cl)cccc2Cl)cc1. The highest BCUT2D eigenvalue weighted by atomic mass is 35.5. The zero-order valence-electron chi connectivity index (χ0n) is 9.56. The Morgan fingerprint density at radius 3 is 2.16 bits per heavy atom. The molecule has 2 aromatic carbocycles. The molecule has 0 fully saturated rings. The molecule has 94 valence electrons. The molecule has 0 spiro atoms. The van der Waals surface area contributed by atoms with E-state index in [9.17, 15) is 4.79 Å². The maximum Gasteiger partial charge on any atom is 0.346 e. The first-order valence-corrected chi connectivity index (χ1v) is 6.04. The second kappa shape index (κ2) is 5.75. The van der Waals surface area contributed by atoms with Crippen LogP contribution in [0.1, 0.15) is 15.9 Å². The second-order valence-electron chi connectivity index (χ2n) is 3.62. The molecule has 0 amide bonds. The highest BCUT2D eigenvalue weighted by Crippen LogP contribution is 2.25. The van der Waals surface area contributed by atoms with Gasteiger partial charge in [0.2, 0.25) is 0 Å². The van der Waals surface area contributed by atoms with Crippen LogP contribution in [0.5, 0.6) is 5.75 Å². The van der Waals surface area contributed by atoms with Crippen LogP contribution in [0.2, 0.25) is 10.0 Å². The van der Waals surface area contributed by atoms with Crippen LogP contribution in [-0.4, -0.2) is 5.97 Å². The molecule has 0 bridgehead atoms. The van der Waals surface area contributed by atoms with Crippen LogP contribution in [0.15, 0.2) is 42.5 Å². The summed E-state index contributed by atoms with van der Waals surface area (Å²) in [6.45, 7) is 0. The summed E-state index contributed by atoms with van der Waals surface area (Å²) >= 11 is 11.8. The number of carbonyl (C=O) groups is 1. The van der Waals surface area contributed by atoms with Crippen molar-refractivity contribution < 1.29 is 9.53 Å². The first-order valence-electron chi connectivity index (χ1n) is 5.28. The Balaban J connectivity index is 2.23. The molecule has 0 aliphatic carbocycles. The second-order valence-corrected chi connectivity index (χ2v) is 4.44. The molecule has 0 unspecified atom stereocenters. The fraction of sp³-hybridized carbons (Fsp3) is 0. The van der Waals surface area contributed by atoms with Crippen molar-refractivity contribution in [3.63, 3.8) is 0 Å². The molecule has 0 heterocycles. The number of carbonyl (C=O) groups excluding carboxylic acids is 1. The van der Waals surface area contributed by atoms with Gasteiger partial charge in [-0.25, -0.2) is 4.79 Å². The predicted octanol–water partition coefficient (Wildman–Crippen LogP) is 4.08. The van der Waals surface area contributed by atoms with Crippen LogP contribution in [0.3, 0.4) is 0 Å². The molecule has 0 aliphatic rings. The first kappa shape index (κ1) is 13.4. The third-order valence-corrected chi connectivity index (χ3v) is 2.99. The molecule has 0 N–H and O–H groups in total. The summed E-state index contributed by atoms with van der Waals surface area (Å²) in [4.78, 5) is 12.0. The highest BCUT2D eigenvalue weighted by Gasteiger charge is 2.16. The summed E-state index contributed by atoms with van der Waals surface area (Å²) in [6.07, 6.45) is 0. The molecule has 0 atom stereocenters. The lowest BCUT2D eigenvalue weighted by Gasteiger charge is -2.07. The van der Waals surface area contributed by atoms with E-state index in [0.717, 1.165) is 0 Å². The Morgan fingerprint density at radius 1 is 1.05 bits per heavy atom. The summed E-state index contributed by atoms with van der Waals surface area (Å²) in [5.41, 5.74) is 0.603. The fourth-order valence-electron chi connectivity index (χ4n) is 1.45. The van der Waals surface area contributed by atoms with Crippen molar-refractivity contribution in [2.24, 2.45) is 0 Å². The quantitative estimate of drug-likeness (QED) is 0.619. The van der Waals surface area contributed by atoms with Crippen LogP contribution >= 0.6 is 23.2 Å². The number of halogens is 2. The van der Waals surface area contributed by atoms with Gasteiger partial charge in [0.15, 0.2) is 0 Å². The Hall–Kier alpha value is -2.02. The molecule has 3 nitrogen and oxygen atoms in total. The van der Waals surface area contributed by atoms with E-state index in [1.54, 1.807) is 30.3 Å². The number of benzene rings is 2. The monoisotopic (exact) mass is 291 g/mol. The van der Waals surface area contributed by atoms with Crippen molar-refractivity contribution in [3.05, 3.63) is 63.6 Å². The Bertz CT molecular complexity index is 640. The number of esters is 1. The first-order chi connectivity index (χ1) is 9.11. The molecular formula is C14H7Cl2NO2. The van der Waals surface area contributed by atoms with E-state index in [-0.39, 0.29) is 15.6 Å². The van der Waals surface area contributed by atoms with Crippen molar-refractivity contribution in [1.29, 1.82) is 5.26 Å². The molecule has 0 radical (unpaired) electrons. The van der Waals surface area contributed by atoms with Gasteiger partial charge in [-0.3, -0.25) is 0 Å². The third-order valence-electron chi connectivity index (χ3n) is 2.36. The molecule has 5 heteroatoms. The summed E-state index contributed by atoms with van der Waals surface area (Å²) in [5.74, 6) is -0.319. The maximum atomic E-state index is 12.0. The number of nitrogens with zero attached hydrogens (tertiary/aromatic N) is 1. The zero-order chi connectivity index (χ0) is 13.8. The largest absolute Gasteiger partial charge is 0.423 e. The standard InChI is InChI=1S/C14H7Cl2NO2/c15-11-2-1-3-12(16)13(11)14(18)19-10-6-4-9(8-17)5-7-10/h1-7H. The number of rotatable bonds is 2. The van der Waals surface area contributed by atoms with Gasteiger partial charge in [0.05, 0.1) is 27.2 Å². The van der Waals surface area contributed by atoms with Crippen LogP contribution in [-0.2, 0) is 0 Å². The van der Waals surface area contributed by atoms with Crippen LogP contribution in [0.25, 0.3) is 0 Å². The molecule has 0 aliphatic heterocycles. The van der Waals surface area contributed by atoms with Crippen molar-refractivity contribution in [3.8, 4) is 11.8 Å². The van der Waals surface area contributed by atoms with E-state index in [0.29, 0.717) is 11.3 Å². The molecule has 2 aromatic rings. The van der Waals surface area contributed by atoms with Gasteiger partial charge < -0.3 is 4.74 Å². The van der Waals surface area contributed by atoms with Crippen LogP contribution in [0.4, 0.5) is 0 Å². The van der Waals surface area contributed by atoms with E-state index < -0.39 is 5.97 Å². The number of hydrogen-bond acceptors (Lipinski definition) is 3. The van der Waals surface area contributed by atoms with Crippen molar-refractivity contribution >= 4 is 29.2 Å². The minimum Gasteiger partial charge on any atom is -0.423 e. The molecule has 19 heavy (non-hydrogen) atoms. The average molecular weight is 292 g/mol. The highest BCUT2D eigenvalue weighted by molar-refractivity contribution is 6.39. The smallest absolute Gasteiger partial charge is 0.346 e. The lowest BCUT2D eigenvalue weighted by Crippen LogP contribution is -2.09. The number of nitriles is 1. The van der Waals surface area contributed by atoms with Gasteiger partial charge in [-0.05, 0) is 36.4 Å². The van der Waals surface area contributed by atoms with Gasteiger partial charge in [0.25, 0.3) is 0 Å². The Kier molecular flexibility index (Phi) is 4.06. The molecule has 0 saturated heterocycles. The normalized spacial score (nSPS) is 9.74. The third kappa shape index (κ3) is 3.05. The van der Waals surface area contributed by atoms with Crippen LogP contribution in [0, 0.1) is 11.3 Å². The average Bonchev–Trinajstić information content (AvgIpc) is 2.39. The van der Waals surface area contributed by atoms with Gasteiger partial charge >= 0.3 is 5.97 Å². The Morgan fingerprint density at radius 2 is 1.63 bits per heavy atom. The van der Waals surface area contributed by atoms with E-state index in [2.05, 4.69) is 0 Å². The van der Waals surface area contributed by atoms with E-state index in [4.69, 9.17) is 33.2 Å². The van der Waals surface area contributed by atoms with Crippen molar-refractivity contribution in [2.75, 3.05) is 0 Å². The van der Waals surface area contributed by atoms with Crippen molar-refractivity contribution in [1.82, 2.24) is 0 Å². The maximum absolute atomic E-state index is 12.0. The summed E-state index contributed by atoms with van der Waals surface area (Å²) in [7, 11) is 0. The fourth-order valence-corrected chi connectivity index (χ4v) is 2.00. The Labute approximate surface area is 119 Å². The van der Waals surface area contributed by atoms with Crippen molar-refractivity contribution in [2.45, 2.75) is 0 Å². The molecule has 2 rings (SSSR count). The minimum atomic E-state index is -0.639. The lowest BCUT2D eigenvalue weighted by atomic mass is 10.2. The number of hydrogen-bond donors (Lipinski definition) is 0. The van der Waals surface area contributed by atoms with Gasteiger partial charge in [0.1, 0.15) is 5.75 Å². The lowest BCUT2D eigenvalue weighted by molar-refractivity contribution is 0.0735. The van der Waals surface area contributed by atoms with Gasteiger partial charge in [-0.2, -0.15) is 5.26 Å². The van der Waals surface area contributed by atoms with Gasteiger partial charge in [-0.15, -0.1) is 0 Å². The molecular weight excluding hydrogens is 285 g/mol.